The van der Waals surface area contributed by atoms with Crippen LogP contribution in [0.4, 0.5) is 4.39 Å². The number of hydrogen-bond acceptors (Lipinski definition) is 3. The zero-order valence-electron chi connectivity index (χ0n) is 10.5. The molecule has 2 nitrogen and oxygen atoms in total. The summed E-state index contributed by atoms with van der Waals surface area (Å²) in [6.07, 6.45) is 3.83. The molecule has 1 aliphatic heterocycles. The third-order valence-corrected chi connectivity index (χ3v) is 4.86. The predicted octanol–water partition coefficient (Wildman–Crippen LogP) is 3.05. The Labute approximate surface area is 112 Å². The molecule has 0 radical (unpaired) electrons. The maximum atomic E-state index is 12.8. The molecule has 96 valence electrons. The summed E-state index contributed by atoms with van der Waals surface area (Å²) in [4.78, 5) is 2.33. The number of rotatable bonds is 3. The molecule has 1 aromatic carbocycles. The summed E-state index contributed by atoms with van der Waals surface area (Å²) in [6, 6.07) is 9.11. The first-order chi connectivity index (χ1) is 8.67. The van der Waals surface area contributed by atoms with Crippen molar-refractivity contribution in [1.82, 2.24) is 4.90 Å². The van der Waals surface area contributed by atoms with Crippen molar-refractivity contribution in [3.8, 4) is 6.07 Å². The summed E-state index contributed by atoms with van der Waals surface area (Å²) in [5.74, 6) is -0.191. The summed E-state index contributed by atoms with van der Waals surface area (Å²) < 4.78 is 12.6. The van der Waals surface area contributed by atoms with Crippen LogP contribution < -0.4 is 0 Å². The lowest BCUT2D eigenvalue weighted by atomic mass is 9.97. The zero-order chi connectivity index (χ0) is 13.0. The van der Waals surface area contributed by atoms with Crippen molar-refractivity contribution in [1.29, 1.82) is 5.26 Å². The van der Waals surface area contributed by atoms with Crippen molar-refractivity contribution in [2.45, 2.75) is 24.1 Å². The second-order valence-corrected chi connectivity index (χ2v) is 5.90. The molecule has 4 heteroatoms. The lowest BCUT2D eigenvalue weighted by molar-refractivity contribution is 0.209. The molecule has 0 aromatic heterocycles. The van der Waals surface area contributed by atoms with Crippen LogP contribution in [0, 0.1) is 17.1 Å². The number of piperidine rings is 1. The quantitative estimate of drug-likeness (QED) is 0.839. The zero-order valence-corrected chi connectivity index (χ0v) is 11.3. The SMILES string of the molecule is CSC1(C#N)CCN(Cc2ccc(F)cc2)CC1. The predicted molar refractivity (Wildman–Crippen MR) is 72.8 cm³/mol. The average molecular weight is 264 g/mol. The third-order valence-electron chi connectivity index (χ3n) is 3.58. The molecule has 1 aromatic rings. The minimum Gasteiger partial charge on any atom is -0.299 e. The molecule has 0 N–H and O–H groups in total. The molecule has 1 aliphatic rings. The third kappa shape index (κ3) is 3.04. The molecule has 0 spiro atoms. The lowest BCUT2D eigenvalue weighted by Gasteiger charge is -2.36. The first-order valence-electron chi connectivity index (χ1n) is 6.11. The molecule has 0 unspecified atom stereocenters. The molecule has 0 bridgehead atoms. The molecule has 0 saturated carbocycles. The summed E-state index contributed by atoms with van der Waals surface area (Å²) in [5, 5.41) is 9.22. The van der Waals surface area contributed by atoms with Crippen LogP contribution in [-0.4, -0.2) is 29.0 Å². The normalized spacial score (nSPS) is 19.4. The van der Waals surface area contributed by atoms with Crippen LogP contribution in [0.1, 0.15) is 18.4 Å². The van der Waals surface area contributed by atoms with Crippen molar-refractivity contribution in [2.24, 2.45) is 0 Å². The summed E-state index contributed by atoms with van der Waals surface area (Å²) in [6.45, 7) is 2.72. The van der Waals surface area contributed by atoms with Crippen LogP contribution in [0.25, 0.3) is 0 Å². The Morgan fingerprint density at radius 2 is 1.94 bits per heavy atom. The Morgan fingerprint density at radius 1 is 1.33 bits per heavy atom. The van der Waals surface area contributed by atoms with Crippen molar-refractivity contribution in [2.75, 3.05) is 19.3 Å². The van der Waals surface area contributed by atoms with Crippen LogP contribution in [0.5, 0.6) is 0 Å². The van der Waals surface area contributed by atoms with E-state index in [-0.39, 0.29) is 10.6 Å². The number of nitriles is 1. The molecular weight excluding hydrogens is 247 g/mol. The topological polar surface area (TPSA) is 27.0 Å². The molecule has 1 fully saturated rings. The van der Waals surface area contributed by atoms with Gasteiger partial charge in [-0.2, -0.15) is 5.26 Å². The molecule has 1 heterocycles. The highest BCUT2D eigenvalue weighted by Gasteiger charge is 2.33. The van der Waals surface area contributed by atoms with E-state index in [2.05, 4.69) is 11.0 Å². The van der Waals surface area contributed by atoms with Crippen molar-refractivity contribution >= 4 is 11.8 Å². The van der Waals surface area contributed by atoms with E-state index >= 15 is 0 Å². The van der Waals surface area contributed by atoms with E-state index in [1.807, 2.05) is 18.4 Å². The van der Waals surface area contributed by atoms with E-state index < -0.39 is 0 Å². The van der Waals surface area contributed by atoms with Crippen molar-refractivity contribution in [3.63, 3.8) is 0 Å². The highest BCUT2D eigenvalue weighted by Crippen LogP contribution is 2.34. The Morgan fingerprint density at radius 3 is 2.44 bits per heavy atom. The van der Waals surface area contributed by atoms with Gasteiger partial charge in [-0.05, 0) is 36.8 Å². The van der Waals surface area contributed by atoms with Gasteiger partial charge < -0.3 is 0 Å². The first kappa shape index (κ1) is 13.4. The Balaban J connectivity index is 1.91. The van der Waals surface area contributed by atoms with E-state index in [9.17, 15) is 9.65 Å². The number of likely N-dealkylation sites (tertiary alicyclic amines) is 1. The molecule has 1 saturated heterocycles. The largest absolute Gasteiger partial charge is 0.299 e. The van der Waals surface area contributed by atoms with Gasteiger partial charge in [0, 0.05) is 19.6 Å². The van der Waals surface area contributed by atoms with Crippen LogP contribution in [0.2, 0.25) is 0 Å². The minimum absolute atomic E-state index is 0.191. The number of hydrogen-bond donors (Lipinski definition) is 0. The van der Waals surface area contributed by atoms with Gasteiger partial charge in [-0.25, -0.2) is 4.39 Å². The highest BCUT2D eigenvalue weighted by atomic mass is 32.2. The monoisotopic (exact) mass is 264 g/mol. The van der Waals surface area contributed by atoms with Gasteiger partial charge in [0.1, 0.15) is 10.6 Å². The minimum atomic E-state index is -0.195. The van der Waals surface area contributed by atoms with Crippen LogP contribution in [-0.2, 0) is 6.54 Å². The summed E-state index contributed by atoms with van der Waals surface area (Å²) >= 11 is 1.67. The fourth-order valence-electron chi connectivity index (χ4n) is 2.28. The molecule has 0 atom stereocenters. The smallest absolute Gasteiger partial charge is 0.123 e. The Bertz CT molecular complexity index is 430. The molecule has 0 aliphatic carbocycles. The molecule has 0 amide bonds. The van der Waals surface area contributed by atoms with Gasteiger partial charge in [-0.15, -0.1) is 11.8 Å². The van der Waals surface area contributed by atoms with E-state index in [1.165, 1.54) is 12.1 Å². The standard InChI is InChI=1S/C14H17FN2S/c1-18-14(11-16)6-8-17(9-7-14)10-12-2-4-13(15)5-3-12/h2-5H,6-10H2,1H3. The Kier molecular flexibility index (Phi) is 4.26. The lowest BCUT2D eigenvalue weighted by Crippen LogP contribution is -2.41. The van der Waals surface area contributed by atoms with Gasteiger partial charge in [0.05, 0.1) is 6.07 Å². The fraction of sp³-hybridized carbons (Fsp3) is 0.500. The second kappa shape index (κ2) is 5.73. The van der Waals surface area contributed by atoms with Crippen molar-refractivity contribution < 1.29 is 4.39 Å². The van der Waals surface area contributed by atoms with Gasteiger partial charge in [0.15, 0.2) is 0 Å². The van der Waals surface area contributed by atoms with Gasteiger partial charge in [0.25, 0.3) is 0 Å². The van der Waals surface area contributed by atoms with Gasteiger partial charge in [-0.1, -0.05) is 12.1 Å². The second-order valence-electron chi connectivity index (χ2n) is 4.71. The molecule has 2 rings (SSSR count). The van der Waals surface area contributed by atoms with Crippen LogP contribution in [0.3, 0.4) is 0 Å². The maximum Gasteiger partial charge on any atom is 0.123 e. The van der Waals surface area contributed by atoms with E-state index in [1.54, 1.807) is 11.8 Å². The number of thioether (sulfide) groups is 1. The van der Waals surface area contributed by atoms with Crippen LogP contribution in [0.15, 0.2) is 24.3 Å². The van der Waals surface area contributed by atoms with E-state index in [0.29, 0.717) is 0 Å². The first-order valence-corrected chi connectivity index (χ1v) is 7.33. The number of nitrogens with zero attached hydrogens (tertiary/aromatic N) is 2. The van der Waals surface area contributed by atoms with Gasteiger partial charge >= 0.3 is 0 Å². The maximum absolute atomic E-state index is 12.8. The Hall–Kier alpha value is -1.05. The molecular formula is C14H17FN2S. The summed E-state index contributed by atoms with van der Waals surface area (Å²) in [5.41, 5.74) is 1.13. The van der Waals surface area contributed by atoms with Crippen LogP contribution >= 0.6 is 11.8 Å². The highest BCUT2D eigenvalue weighted by molar-refractivity contribution is 8.00. The number of benzene rings is 1. The van der Waals surface area contributed by atoms with Crippen molar-refractivity contribution in [3.05, 3.63) is 35.6 Å². The molecule has 18 heavy (non-hydrogen) atoms. The van der Waals surface area contributed by atoms with Gasteiger partial charge in [0.2, 0.25) is 0 Å². The van der Waals surface area contributed by atoms with E-state index in [4.69, 9.17) is 0 Å². The summed E-state index contributed by atoms with van der Waals surface area (Å²) in [7, 11) is 0. The average Bonchev–Trinajstić information content (AvgIpc) is 2.43. The van der Waals surface area contributed by atoms with Gasteiger partial charge in [-0.3, -0.25) is 4.90 Å². The fourth-order valence-corrected chi connectivity index (χ4v) is 2.96. The number of halogens is 1. The van der Waals surface area contributed by atoms with E-state index in [0.717, 1.165) is 38.0 Å².